The SMILES string of the molecule is CCc1nn(C)c(CC(NN)c2cn(C)nn2)c1Cl. The van der Waals surface area contributed by atoms with Crippen LogP contribution in [-0.2, 0) is 26.9 Å². The molecule has 8 heteroatoms. The van der Waals surface area contributed by atoms with Crippen LogP contribution in [0, 0.1) is 0 Å². The Morgan fingerprint density at radius 3 is 2.68 bits per heavy atom. The predicted octanol–water partition coefficient (Wildman–Crippen LogP) is 0.512. The Kier molecular flexibility index (Phi) is 4.18. The van der Waals surface area contributed by atoms with Gasteiger partial charge in [0.2, 0.25) is 0 Å². The summed E-state index contributed by atoms with van der Waals surface area (Å²) in [5, 5.41) is 13.1. The summed E-state index contributed by atoms with van der Waals surface area (Å²) in [5.74, 6) is 5.60. The maximum atomic E-state index is 6.33. The molecule has 0 radical (unpaired) electrons. The molecule has 1 unspecified atom stereocenters. The van der Waals surface area contributed by atoms with Crippen molar-refractivity contribution in [1.29, 1.82) is 0 Å². The van der Waals surface area contributed by atoms with Crippen LogP contribution < -0.4 is 11.3 Å². The molecule has 0 fully saturated rings. The predicted molar refractivity (Wildman–Crippen MR) is 72.4 cm³/mol. The number of hydrogen-bond donors (Lipinski definition) is 2. The van der Waals surface area contributed by atoms with E-state index in [1.54, 1.807) is 9.36 Å². The van der Waals surface area contributed by atoms with Crippen molar-refractivity contribution >= 4 is 11.6 Å². The molecule has 19 heavy (non-hydrogen) atoms. The number of nitrogens with one attached hydrogen (secondary N) is 1. The van der Waals surface area contributed by atoms with Crippen molar-refractivity contribution in [2.75, 3.05) is 0 Å². The number of halogens is 1. The van der Waals surface area contributed by atoms with E-state index in [-0.39, 0.29) is 6.04 Å². The van der Waals surface area contributed by atoms with Crippen LogP contribution in [0.2, 0.25) is 5.02 Å². The molecule has 0 aliphatic heterocycles. The lowest BCUT2D eigenvalue weighted by molar-refractivity contribution is 0.517. The Morgan fingerprint density at radius 2 is 2.21 bits per heavy atom. The summed E-state index contributed by atoms with van der Waals surface area (Å²) in [6.07, 6.45) is 3.24. The minimum absolute atomic E-state index is 0.147. The third-order valence-electron chi connectivity index (χ3n) is 3.08. The fourth-order valence-corrected chi connectivity index (χ4v) is 2.38. The summed E-state index contributed by atoms with van der Waals surface area (Å²) in [7, 11) is 3.70. The molecular formula is C11H18ClN7. The van der Waals surface area contributed by atoms with Gasteiger partial charge in [0, 0.05) is 26.7 Å². The van der Waals surface area contributed by atoms with Crippen molar-refractivity contribution in [2.45, 2.75) is 25.8 Å². The Hall–Kier alpha value is -1.44. The highest BCUT2D eigenvalue weighted by Crippen LogP contribution is 2.25. The monoisotopic (exact) mass is 283 g/mol. The van der Waals surface area contributed by atoms with Gasteiger partial charge in [-0.2, -0.15) is 5.10 Å². The molecule has 2 aromatic heterocycles. The number of aromatic nitrogens is 5. The smallest absolute Gasteiger partial charge is 0.101 e. The minimum Gasteiger partial charge on any atom is -0.271 e. The van der Waals surface area contributed by atoms with Gasteiger partial charge in [0.15, 0.2) is 0 Å². The fraction of sp³-hybridized carbons (Fsp3) is 0.545. The van der Waals surface area contributed by atoms with Gasteiger partial charge in [0.05, 0.1) is 22.5 Å². The molecule has 2 heterocycles. The van der Waals surface area contributed by atoms with Gasteiger partial charge in [-0.15, -0.1) is 5.10 Å². The average molecular weight is 284 g/mol. The molecule has 2 rings (SSSR count). The molecule has 0 spiro atoms. The molecule has 0 aromatic carbocycles. The van der Waals surface area contributed by atoms with Crippen molar-refractivity contribution in [1.82, 2.24) is 30.2 Å². The van der Waals surface area contributed by atoms with Crippen LogP contribution in [0.3, 0.4) is 0 Å². The highest BCUT2D eigenvalue weighted by Gasteiger charge is 2.20. The molecule has 0 amide bonds. The fourth-order valence-electron chi connectivity index (χ4n) is 2.01. The van der Waals surface area contributed by atoms with E-state index in [2.05, 4.69) is 20.8 Å². The maximum Gasteiger partial charge on any atom is 0.101 e. The van der Waals surface area contributed by atoms with E-state index in [0.29, 0.717) is 11.4 Å². The number of hydrogen-bond acceptors (Lipinski definition) is 5. The van der Waals surface area contributed by atoms with E-state index in [0.717, 1.165) is 23.5 Å². The number of hydrazine groups is 1. The number of nitrogens with two attached hydrogens (primary N) is 1. The zero-order valence-electron chi connectivity index (χ0n) is 11.3. The molecule has 1 atom stereocenters. The summed E-state index contributed by atoms with van der Waals surface area (Å²) < 4.78 is 3.43. The second-order valence-corrected chi connectivity index (χ2v) is 4.80. The zero-order chi connectivity index (χ0) is 14.0. The molecule has 0 aliphatic carbocycles. The van der Waals surface area contributed by atoms with Crippen LogP contribution in [0.15, 0.2) is 6.20 Å². The lowest BCUT2D eigenvalue weighted by atomic mass is 10.1. The molecule has 0 aliphatic rings. The third kappa shape index (κ3) is 2.78. The molecule has 0 bridgehead atoms. The van der Waals surface area contributed by atoms with Crippen LogP contribution in [-0.4, -0.2) is 24.8 Å². The first-order chi connectivity index (χ1) is 9.06. The normalized spacial score (nSPS) is 12.9. The minimum atomic E-state index is -0.147. The molecule has 0 saturated carbocycles. The van der Waals surface area contributed by atoms with Crippen LogP contribution in [0.25, 0.3) is 0 Å². The van der Waals surface area contributed by atoms with Crippen molar-refractivity contribution in [3.8, 4) is 0 Å². The maximum absolute atomic E-state index is 6.33. The zero-order valence-corrected chi connectivity index (χ0v) is 12.0. The Labute approximate surface area is 116 Å². The van der Waals surface area contributed by atoms with Crippen LogP contribution in [0.5, 0.6) is 0 Å². The van der Waals surface area contributed by atoms with Crippen molar-refractivity contribution in [2.24, 2.45) is 19.9 Å². The van der Waals surface area contributed by atoms with Gasteiger partial charge in [-0.1, -0.05) is 23.7 Å². The largest absolute Gasteiger partial charge is 0.271 e. The van der Waals surface area contributed by atoms with Crippen molar-refractivity contribution < 1.29 is 0 Å². The quantitative estimate of drug-likeness (QED) is 0.617. The second kappa shape index (κ2) is 5.68. The Morgan fingerprint density at radius 1 is 1.47 bits per heavy atom. The van der Waals surface area contributed by atoms with E-state index >= 15 is 0 Å². The van der Waals surface area contributed by atoms with Gasteiger partial charge in [0.25, 0.3) is 0 Å². The van der Waals surface area contributed by atoms with Crippen LogP contribution >= 0.6 is 11.6 Å². The van der Waals surface area contributed by atoms with Crippen molar-refractivity contribution in [3.05, 3.63) is 28.3 Å². The number of nitrogens with zero attached hydrogens (tertiary/aromatic N) is 5. The molecule has 3 N–H and O–H groups in total. The van der Waals surface area contributed by atoms with E-state index in [9.17, 15) is 0 Å². The van der Waals surface area contributed by atoms with Gasteiger partial charge in [0.1, 0.15) is 5.69 Å². The molecule has 7 nitrogen and oxygen atoms in total. The summed E-state index contributed by atoms with van der Waals surface area (Å²) in [6.45, 7) is 2.03. The van der Waals surface area contributed by atoms with Gasteiger partial charge < -0.3 is 0 Å². The highest BCUT2D eigenvalue weighted by molar-refractivity contribution is 6.31. The number of aryl methyl sites for hydroxylation is 3. The lowest BCUT2D eigenvalue weighted by Crippen LogP contribution is -2.30. The standard InChI is InChI=1S/C11H18ClN7/c1-4-7-11(12)10(19(3)16-7)5-8(14-13)9-6-18(2)17-15-9/h6,8,14H,4-5,13H2,1-3H3. The first-order valence-electron chi connectivity index (χ1n) is 6.09. The lowest BCUT2D eigenvalue weighted by Gasteiger charge is -2.13. The Balaban J connectivity index is 2.26. The second-order valence-electron chi connectivity index (χ2n) is 4.42. The van der Waals surface area contributed by atoms with Gasteiger partial charge in [-0.3, -0.25) is 20.6 Å². The van der Waals surface area contributed by atoms with E-state index in [1.807, 2.05) is 27.2 Å². The van der Waals surface area contributed by atoms with Gasteiger partial charge in [-0.25, -0.2) is 0 Å². The molecule has 2 aromatic rings. The highest BCUT2D eigenvalue weighted by atomic mass is 35.5. The van der Waals surface area contributed by atoms with Gasteiger partial charge >= 0.3 is 0 Å². The molecule has 104 valence electrons. The van der Waals surface area contributed by atoms with Crippen LogP contribution in [0.1, 0.15) is 30.0 Å². The molecule has 0 saturated heterocycles. The first kappa shape index (κ1) is 14.0. The molecular weight excluding hydrogens is 266 g/mol. The van der Waals surface area contributed by atoms with Gasteiger partial charge in [-0.05, 0) is 6.42 Å². The summed E-state index contributed by atoms with van der Waals surface area (Å²) >= 11 is 6.33. The Bertz CT molecular complexity index is 559. The average Bonchev–Trinajstić information content (AvgIpc) is 2.92. The van der Waals surface area contributed by atoms with Crippen molar-refractivity contribution in [3.63, 3.8) is 0 Å². The topological polar surface area (TPSA) is 86.6 Å². The number of rotatable bonds is 5. The summed E-state index contributed by atoms with van der Waals surface area (Å²) in [4.78, 5) is 0. The summed E-state index contributed by atoms with van der Waals surface area (Å²) in [5.41, 5.74) is 5.36. The van der Waals surface area contributed by atoms with E-state index in [4.69, 9.17) is 17.4 Å². The van der Waals surface area contributed by atoms with E-state index < -0.39 is 0 Å². The summed E-state index contributed by atoms with van der Waals surface area (Å²) in [6, 6.07) is -0.147. The van der Waals surface area contributed by atoms with E-state index in [1.165, 1.54) is 0 Å². The third-order valence-corrected chi connectivity index (χ3v) is 3.52. The van der Waals surface area contributed by atoms with Crippen LogP contribution in [0.4, 0.5) is 0 Å². The first-order valence-corrected chi connectivity index (χ1v) is 6.47.